The van der Waals surface area contributed by atoms with Crippen molar-refractivity contribution in [3.63, 3.8) is 0 Å². The van der Waals surface area contributed by atoms with E-state index >= 15 is 0 Å². The lowest BCUT2D eigenvalue weighted by atomic mass is 9.64. The number of aryl methyl sites for hydroxylation is 1. The molecule has 2 aromatic carbocycles. The Kier molecular flexibility index (Phi) is 7.17. The van der Waals surface area contributed by atoms with Gasteiger partial charge in [0.05, 0.1) is 25.1 Å². The molecule has 7 nitrogen and oxygen atoms in total. The van der Waals surface area contributed by atoms with Crippen LogP contribution in [0.15, 0.2) is 64.8 Å². The van der Waals surface area contributed by atoms with Gasteiger partial charge in [-0.15, -0.1) is 0 Å². The minimum absolute atomic E-state index is 0.0623. The number of aliphatic hydroxyl groups is 2. The van der Waals surface area contributed by atoms with Crippen LogP contribution in [0.1, 0.15) is 48.9 Å². The maximum Gasteiger partial charge on any atom is 0.379 e. The van der Waals surface area contributed by atoms with Gasteiger partial charge in [0, 0.05) is 23.9 Å². The van der Waals surface area contributed by atoms with Crippen LogP contribution in [0.5, 0.6) is 11.5 Å². The fourth-order valence-electron chi connectivity index (χ4n) is 5.01. The summed E-state index contributed by atoms with van der Waals surface area (Å²) in [5, 5.41) is 26.3. The highest BCUT2D eigenvalue weighted by atomic mass is 19.1. The smallest absolute Gasteiger partial charge is 0.379 e. The first kappa shape index (κ1) is 26.4. The summed E-state index contributed by atoms with van der Waals surface area (Å²) >= 11 is 0. The summed E-state index contributed by atoms with van der Waals surface area (Å²) in [7, 11) is 1.48. The number of furan rings is 1. The largest absolute Gasteiger partial charge is 0.496 e. The lowest BCUT2D eigenvalue weighted by Gasteiger charge is -2.46. The molecule has 3 N–H and O–H groups in total. The molecule has 3 aromatic rings. The number of benzene rings is 2. The molecular formula is C29H32FNO6. The number of nitrogens with one attached hydrogen (secondary N) is 1. The van der Waals surface area contributed by atoms with Gasteiger partial charge >= 0.3 is 5.97 Å². The Morgan fingerprint density at radius 3 is 2.62 bits per heavy atom. The summed E-state index contributed by atoms with van der Waals surface area (Å²) in [6.45, 7) is 7.51. The van der Waals surface area contributed by atoms with E-state index in [0.29, 0.717) is 34.6 Å². The molecule has 1 heterocycles. The highest BCUT2D eigenvalue weighted by molar-refractivity contribution is 5.88. The number of halogens is 1. The molecule has 1 aromatic heterocycles. The Morgan fingerprint density at radius 1 is 1.19 bits per heavy atom. The zero-order valence-corrected chi connectivity index (χ0v) is 21.6. The third-order valence-electron chi connectivity index (χ3n) is 6.84. The molecule has 37 heavy (non-hydrogen) atoms. The Labute approximate surface area is 215 Å². The summed E-state index contributed by atoms with van der Waals surface area (Å²) in [5.74, 6) is -0.385. The van der Waals surface area contributed by atoms with Gasteiger partial charge < -0.3 is 29.4 Å². The molecular weight excluding hydrogens is 477 g/mol. The Hall–Kier alpha value is -3.62. The maximum atomic E-state index is 13.9. The zero-order chi connectivity index (χ0) is 27.0. The van der Waals surface area contributed by atoms with Crippen molar-refractivity contribution in [1.29, 1.82) is 0 Å². The predicted molar refractivity (Wildman–Crippen MR) is 138 cm³/mol. The number of rotatable bonds is 7. The van der Waals surface area contributed by atoms with Gasteiger partial charge in [-0.2, -0.15) is 0 Å². The minimum atomic E-state index is -1.28. The van der Waals surface area contributed by atoms with Gasteiger partial charge in [-0.3, -0.25) is 0 Å². The van der Waals surface area contributed by atoms with E-state index in [9.17, 15) is 19.4 Å². The van der Waals surface area contributed by atoms with E-state index in [1.54, 1.807) is 37.3 Å². The van der Waals surface area contributed by atoms with Crippen LogP contribution in [0, 0.1) is 18.2 Å². The van der Waals surface area contributed by atoms with Crippen LogP contribution in [0.4, 0.5) is 10.1 Å². The molecule has 0 fully saturated rings. The molecule has 0 saturated heterocycles. The molecule has 4 rings (SSSR count). The number of anilines is 1. The van der Waals surface area contributed by atoms with E-state index in [1.165, 1.54) is 31.6 Å². The van der Waals surface area contributed by atoms with Crippen molar-refractivity contribution in [1.82, 2.24) is 0 Å². The van der Waals surface area contributed by atoms with Gasteiger partial charge in [0.15, 0.2) is 0 Å². The minimum Gasteiger partial charge on any atom is -0.496 e. The SMILES string of the molecule is COc1cc(OC(=O)c2ccco2)ccc1C1=C(CNc2cc(F)ccc2C)C(C)(O)CC(C)(C)C1O. The molecule has 0 saturated carbocycles. The number of hydrogen-bond acceptors (Lipinski definition) is 7. The van der Waals surface area contributed by atoms with E-state index < -0.39 is 23.1 Å². The number of esters is 1. The van der Waals surface area contributed by atoms with E-state index in [2.05, 4.69) is 5.32 Å². The van der Waals surface area contributed by atoms with Crippen molar-refractivity contribution in [2.45, 2.75) is 45.8 Å². The molecule has 1 aliphatic rings. The van der Waals surface area contributed by atoms with Crippen molar-refractivity contribution < 1.29 is 33.3 Å². The van der Waals surface area contributed by atoms with Gasteiger partial charge in [-0.25, -0.2) is 9.18 Å². The lowest BCUT2D eigenvalue weighted by Crippen LogP contribution is -2.47. The van der Waals surface area contributed by atoms with Crippen LogP contribution in [-0.2, 0) is 0 Å². The predicted octanol–water partition coefficient (Wildman–Crippen LogP) is 5.36. The van der Waals surface area contributed by atoms with Crippen molar-refractivity contribution in [3.05, 3.63) is 83.1 Å². The highest BCUT2D eigenvalue weighted by Gasteiger charge is 2.47. The number of ether oxygens (including phenoxy) is 2. The molecule has 1 aliphatic carbocycles. The summed E-state index contributed by atoms with van der Waals surface area (Å²) in [6.07, 6.45) is 0.750. The van der Waals surface area contributed by atoms with Crippen LogP contribution < -0.4 is 14.8 Å². The van der Waals surface area contributed by atoms with Crippen LogP contribution in [0.2, 0.25) is 0 Å². The summed E-state index contributed by atoms with van der Waals surface area (Å²) < 4.78 is 30.0. The third-order valence-corrected chi connectivity index (χ3v) is 6.84. The highest BCUT2D eigenvalue weighted by Crippen LogP contribution is 2.49. The van der Waals surface area contributed by atoms with Gasteiger partial charge in [0.2, 0.25) is 5.76 Å². The molecule has 0 amide bonds. The summed E-state index contributed by atoms with van der Waals surface area (Å²) in [5.41, 5.74) is 1.11. The number of carbonyl (C=O) groups excluding carboxylic acids is 1. The first-order chi connectivity index (χ1) is 17.4. The average molecular weight is 510 g/mol. The van der Waals surface area contributed by atoms with Crippen LogP contribution in [0.25, 0.3) is 5.57 Å². The van der Waals surface area contributed by atoms with Gasteiger partial charge in [0.1, 0.15) is 17.3 Å². The van der Waals surface area contributed by atoms with Crippen LogP contribution >= 0.6 is 0 Å². The van der Waals surface area contributed by atoms with E-state index in [-0.39, 0.29) is 23.9 Å². The Bertz CT molecular complexity index is 1330. The second kappa shape index (κ2) is 10.0. The number of hydrogen-bond donors (Lipinski definition) is 3. The van der Waals surface area contributed by atoms with Crippen LogP contribution in [0.3, 0.4) is 0 Å². The standard InChI is InChI=1S/C29H32FNO6/c1-17-8-9-18(30)13-22(17)31-15-21-25(26(32)28(2,3)16-29(21,4)34)20-11-10-19(14-24(20)35-5)37-27(33)23-7-6-12-36-23/h6-14,26,31-32,34H,15-16H2,1-5H3. The fourth-order valence-corrected chi connectivity index (χ4v) is 5.01. The zero-order valence-electron chi connectivity index (χ0n) is 21.6. The summed E-state index contributed by atoms with van der Waals surface area (Å²) in [6, 6.07) is 12.4. The Morgan fingerprint density at radius 2 is 1.95 bits per heavy atom. The van der Waals surface area contributed by atoms with Crippen molar-refractivity contribution in [2.75, 3.05) is 19.0 Å². The molecule has 2 atom stereocenters. The quantitative estimate of drug-likeness (QED) is 0.291. The molecule has 0 bridgehead atoms. The monoisotopic (exact) mass is 509 g/mol. The normalized spacial score (nSPS) is 21.0. The van der Waals surface area contributed by atoms with Crippen LogP contribution in [-0.4, -0.2) is 41.5 Å². The number of carbonyl (C=O) groups is 1. The first-order valence-electron chi connectivity index (χ1n) is 12.0. The second-order valence-corrected chi connectivity index (χ2v) is 10.3. The van der Waals surface area contributed by atoms with Gasteiger partial charge in [-0.1, -0.05) is 19.9 Å². The average Bonchev–Trinajstić information content (AvgIpc) is 3.37. The molecule has 0 radical (unpaired) electrons. The molecule has 2 unspecified atom stereocenters. The maximum absolute atomic E-state index is 13.9. The molecule has 0 spiro atoms. The lowest BCUT2D eigenvalue weighted by molar-refractivity contribution is -0.0112. The second-order valence-electron chi connectivity index (χ2n) is 10.3. The first-order valence-corrected chi connectivity index (χ1v) is 12.0. The van der Waals surface area contributed by atoms with E-state index in [0.717, 1.165) is 5.56 Å². The third kappa shape index (κ3) is 5.40. The molecule has 196 valence electrons. The summed E-state index contributed by atoms with van der Waals surface area (Å²) in [4.78, 5) is 12.3. The van der Waals surface area contributed by atoms with E-state index in [1.807, 2.05) is 20.8 Å². The number of methoxy groups -OCH3 is 1. The topological polar surface area (TPSA) is 101 Å². The van der Waals surface area contributed by atoms with Gasteiger partial charge in [-0.05, 0) is 78.8 Å². The van der Waals surface area contributed by atoms with E-state index in [4.69, 9.17) is 13.9 Å². The van der Waals surface area contributed by atoms with Crippen molar-refractivity contribution in [2.24, 2.45) is 5.41 Å². The van der Waals surface area contributed by atoms with Crippen molar-refractivity contribution >= 4 is 17.2 Å². The van der Waals surface area contributed by atoms with Gasteiger partial charge in [0.25, 0.3) is 0 Å². The molecule has 8 heteroatoms. The van der Waals surface area contributed by atoms with Crippen molar-refractivity contribution in [3.8, 4) is 11.5 Å². The Balaban J connectivity index is 1.77. The fraction of sp³-hybridized carbons (Fsp3) is 0.345. The molecule has 0 aliphatic heterocycles. The number of aliphatic hydroxyl groups excluding tert-OH is 1.